The quantitative estimate of drug-likeness (QED) is 0.439. The number of anilines is 1. The molecule has 7 heteroatoms. The van der Waals surface area contributed by atoms with E-state index in [1.54, 1.807) is 29.2 Å². The Bertz CT molecular complexity index is 1360. The van der Waals surface area contributed by atoms with Crippen LogP contribution in [0.1, 0.15) is 20.8 Å². The number of pyridine rings is 1. The van der Waals surface area contributed by atoms with Crippen LogP contribution in [0.4, 0.5) is 5.69 Å². The van der Waals surface area contributed by atoms with E-state index in [-0.39, 0.29) is 11.8 Å². The second kappa shape index (κ2) is 9.63. The predicted octanol–water partition coefficient (Wildman–Crippen LogP) is 5.28. The zero-order valence-corrected chi connectivity index (χ0v) is 19.1. The maximum absolute atomic E-state index is 12.8. The van der Waals surface area contributed by atoms with Crippen LogP contribution in [0.15, 0.2) is 79.0 Å². The van der Waals surface area contributed by atoms with E-state index in [1.165, 1.54) is 6.20 Å². The number of carbonyl (C=O) groups excluding carboxylic acids is 2. The van der Waals surface area contributed by atoms with Gasteiger partial charge in [-0.1, -0.05) is 54.1 Å². The van der Waals surface area contributed by atoms with Crippen LogP contribution in [0, 0.1) is 0 Å². The van der Waals surface area contributed by atoms with Crippen LogP contribution in [0.3, 0.4) is 0 Å². The number of nitrogens with one attached hydrogen (secondary N) is 1. The van der Waals surface area contributed by atoms with Crippen molar-refractivity contribution in [3.63, 3.8) is 0 Å². The van der Waals surface area contributed by atoms with Gasteiger partial charge in [-0.3, -0.25) is 14.6 Å². The summed E-state index contributed by atoms with van der Waals surface area (Å²) in [6.45, 7) is 2.12. The summed E-state index contributed by atoms with van der Waals surface area (Å²) < 4.78 is 5.28. The van der Waals surface area contributed by atoms with E-state index in [0.717, 1.165) is 21.9 Å². The summed E-state index contributed by atoms with van der Waals surface area (Å²) in [5.41, 5.74) is 3.11. The van der Waals surface area contributed by atoms with Gasteiger partial charge >= 0.3 is 0 Å². The molecule has 0 saturated carbocycles. The monoisotopic (exact) mass is 471 g/mol. The first-order valence-corrected chi connectivity index (χ1v) is 11.4. The van der Waals surface area contributed by atoms with E-state index in [2.05, 4.69) is 28.5 Å². The maximum atomic E-state index is 12.8. The van der Waals surface area contributed by atoms with Gasteiger partial charge in [0.1, 0.15) is 5.69 Å². The maximum Gasteiger partial charge on any atom is 0.272 e. The first-order chi connectivity index (χ1) is 16.6. The van der Waals surface area contributed by atoms with Crippen LogP contribution in [0.5, 0.6) is 0 Å². The number of fused-ring (bicyclic) bond motifs is 1. The van der Waals surface area contributed by atoms with Crippen LogP contribution in [-0.4, -0.2) is 48.0 Å². The van der Waals surface area contributed by atoms with Crippen LogP contribution < -0.4 is 5.32 Å². The number of hydrogen-bond acceptors (Lipinski definition) is 4. The number of benzene rings is 3. The molecule has 5 rings (SSSR count). The summed E-state index contributed by atoms with van der Waals surface area (Å²) in [5.74, 6) is -0.475. The number of halogens is 1. The van der Waals surface area contributed by atoms with Gasteiger partial charge in [0, 0.05) is 35.6 Å². The molecule has 2 amide bonds. The van der Waals surface area contributed by atoms with Gasteiger partial charge in [-0.15, -0.1) is 0 Å². The zero-order valence-electron chi connectivity index (χ0n) is 18.3. The third kappa shape index (κ3) is 4.51. The topological polar surface area (TPSA) is 71.5 Å². The number of carbonyl (C=O) groups is 2. The van der Waals surface area contributed by atoms with Gasteiger partial charge in [0.2, 0.25) is 0 Å². The molecule has 4 aromatic rings. The lowest BCUT2D eigenvalue weighted by Crippen LogP contribution is -2.41. The first-order valence-electron chi connectivity index (χ1n) is 11.0. The summed E-state index contributed by atoms with van der Waals surface area (Å²) in [4.78, 5) is 31.3. The Labute approximate surface area is 202 Å². The average Bonchev–Trinajstić information content (AvgIpc) is 2.89. The van der Waals surface area contributed by atoms with Crippen molar-refractivity contribution in [3.8, 4) is 11.1 Å². The predicted molar refractivity (Wildman–Crippen MR) is 133 cm³/mol. The number of nitrogens with zero attached hydrogens (tertiary/aromatic N) is 2. The van der Waals surface area contributed by atoms with Crippen molar-refractivity contribution in [2.45, 2.75) is 0 Å². The normalized spacial score (nSPS) is 13.6. The summed E-state index contributed by atoms with van der Waals surface area (Å²) in [5, 5.41) is 5.70. The summed E-state index contributed by atoms with van der Waals surface area (Å²) in [6, 6.07) is 22.8. The van der Waals surface area contributed by atoms with Crippen LogP contribution >= 0.6 is 11.6 Å². The Morgan fingerprint density at radius 2 is 1.71 bits per heavy atom. The molecule has 1 aliphatic rings. The fourth-order valence-electron chi connectivity index (χ4n) is 4.06. The van der Waals surface area contributed by atoms with Gasteiger partial charge in [-0.2, -0.15) is 0 Å². The van der Waals surface area contributed by atoms with E-state index >= 15 is 0 Å². The Hall–Kier alpha value is -3.74. The van der Waals surface area contributed by atoms with E-state index in [0.29, 0.717) is 48.3 Å². The van der Waals surface area contributed by atoms with Gasteiger partial charge in [0.05, 0.1) is 18.8 Å². The highest BCUT2D eigenvalue weighted by Crippen LogP contribution is 2.35. The number of amides is 2. The first kappa shape index (κ1) is 22.1. The van der Waals surface area contributed by atoms with Crippen LogP contribution in [0.2, 0.25) is 5.02 Å². The molecular weight excluding hydrogens is 450 g/mol. The lowest BCUT2D eigenvalue weighted by molar-refractivity contribution is 0.0299. The average molecular weight is 472 g/mol. The summed E-state index contributed by atoms with van der Waals surface area (Å²) >= 11 is 6.53. The molecule has 1 fully saturated rings. The Morgan fingerprint density at radius 3 is 2.50 bits per heavy atom. The highest BCUT2D eigenvalue weighted by Gasteiger charge is 2.20. The molecule has 0 aliphatic carbocycles. The van der Waals surface area contributed by atoms with E-state index in [1.807, 2.05) is 30.3 Å². The van der Waals surface area contributed by atoms with E-state index < -0.39 is 0 Å². The molecule has 1 N–H and O–H groups in total. The molecule has 0 spiro atoms. The van der Waals surface area contributed by atoms with Crippen molar-refractivity contribution >= 4 is 39.9 Å². The number of hydrogen-bond donors (Lipinski definition) is 1. The van der Waals surface area contributed by atoms with Crippen LogP contribution in [-0.2, 0) is 4.74 Å². The molecule has 1 aromatic heterocycles. The minimum Gasteiger partial charge on any atom is -0.378 e. The highest BCUT2D eigenvalue weighted by atomic mass is 35.5. The lowest BCUT2D eigenvalue weighted by atomic mass is 9.98. The number of aromatic nitrogens is 1. The molecule has 0 unspecified atom stereocenters. The molecule has 0 atom stereocenters. The third-order valence-electron chi connectivity index (χ3n) is 5.85. The standard InChI is InChI=1S/C27H22ClN3O3/c28-24-10-9-20(16-23(24)22-7-3-5-18-4-1-2-6-21(18)22)30-26(32)19-8-11-25(29-17-19)27(33)31-12-14-34-15-13-31/h1-11,16-17H,12-15H2,(H,30,32). The molecule has 6 nitrogen and oxygen atoms in total. The van der Waals surface area contributed by atoms with Gasteiger partial charge < -0.3 is 15.0 Å². The second-order valence-corrected chi connectivity index (χ2v) is 8.42. The number of morpholine rings is 1. The third-order valence-corrected chi connectivity index (χ3v) is 6.18. The Balaban J connectivity index is 1.35. The molecule has 34 heavy (non-hydrogen) atoms. The van der Waals surface area contributed by atoms with Crippen molar-refractivity contribution in [1.82, 2.24) is 9.88 Å². The fourth-order valence-corrected chi connectivity index (χ4v) is 4.28. The van der Waals surface area contributed by atoms with Gasteiger partial charge in [-0.05, 0) is 46.7 Å². The molecular formula is C27H22ClN3O3. The zero-order chi connectivity index (χ0) is 23.5. The Kier molecular flexibility index (Phi) is 6.25. The number of ether oxygens (including phenoxy) is 1. The highest BCUT2D eigenvalue weighted by molar-refractivity contribution is 6.34. The smallest absolute Gasteiger partial charge is 0.272 e. The molecule has 1 saturated heterocycles. The van der Waals surface area contributed by atoms with Crippen molar-refractivity contribution in [1.29, 1.82) is 0 Å². The molecule has 170 valence electrons. The fraction of sp³-hybridized carbons (Fsp3) is 0.148. The minimum atomic E-state index is -0.316. The SMILES string of the molecule is O=C(Nc1ccc(Cl)c(-c2cccc3ccccc23)c1)c1ccc(C(=O)N2CCOCC2)nc1. The van der Waals surface area contributed by atoms with E-state index in [9.17, 15) is 9.59 Å². The minimum absolute atomic E-state index is 0.160. The van der Waals surface area contributed by atoms with Gasteiger partial charge in [0.25, 0.3) is 11.8 Å². The van der Waals surface area contributed by atoms with Gasteiger partial charge in [-0.25, -0.2) is 0 Å². The molecule has 1 aliphatic heterocycles. The second-order valence-electron chi connectivity index (χ2n) is 8.01. The van der Waals surface area contributed by atoms with Crippen molar-refractivity contribution in [3.05, 3.63) is 95.3 Å². The van der Waals surface area contributed by atoms with Crippen molar-refractivity contribution in [2.75, 3.05) is 31.6 Å². The molecule has 2 heterocycles. The molecule has 0 radical (unpaired) electrons. The summed E-state index contributed by atoms with van der Waals surface area (Å²) in [7, 11) is 0. The van der Waals surface area contributed by atoms with Crippen molar-refractivity contribution < 1.29 is 14.3 Å². The van der Waals surface area contributed by atoms with E-state index in [4.69, 9.17) is 16.3 Å². The van der Waals surface area contributed by atoms with Gasteiger partial charge in [0.15, 0.2) is 0 Å². The lowest BCUT2D eigenvalue weighted by Gasteiger charge is -2.26. The largest absolute Gasteiger partial charge is 0.378 e. The number of rotatable bonds is 4. The molecule has 3 aromatic carbocycles. The molecule has 0 bridgehead atoms. The van der Waals surface area contributed by atoms with Crippen molar-refractivity contribution in [2.24, 2.45) is 0 Å². The summed E-state index contributed by atoms with van der Waals surface area (Å²) in [6.07, 6.45) is 1.42. The Morgan fingerprint density at radius 1 is 0.912 bits per heavy atom. The van der Waals surface area contributed by atoms with Crippen LogP contribution in [0.25, 0.3) is 21.9 Å².